The highest BCUT2D eigenvalue weighted by molar-refractivity contribution is 6.30. The minimum atomic E-state index is -0.0227. The first-order chi connectivity index (χ1) is 8.56. The first-order valence-electron chi connectivity index (χ1n) is 5.84. The van der Waals surface area contributed by atoms with E-state index in [9.17, 15) is 0 Å². The molecule has 2 aromatic carbocycles. The maximum absolute atomic E-state index is 5.93. The van der Waals surface area contributed by atoms with Crippen LogP contribution in [0.15, 0.2) is 42.5 Å². The third kappa shape index (κ3) is 2.96. The van der Waals surface area contributed by atoms with Gasteiger partial charge in [0.2, 0.25) is 0 Å². The lowest BCUT2D eigenvalue weighted by atomic mass is 10.1. The molecule has 94 valence electrons. The summed E-state index contributed by atoms with van der Waals surface area (Å²) in [4.78, 5) is 0. The smallest absolute Gasteiger partial charge is 0.123 e. The van der Waals surface area contributed by atoms with Crippen LogP contribution in [0.25, 0.3) is 0 Å². The van der Waals surface area contributed by atoms with Crippen molar-refractivity contribution in [2.45, 2.75) is 20.0 Å². The van der Waals surface area contributed by atoms with Crippen molar-refractivity contribution in [1.29, 1.82) is 0 Å². The Balaban J connectivity index is 2.15. The van der Waals surface area contributed by atoms with Gasteiger partial charge >= 0.3 is 0 Å². The molecule has 2 nitrogen and oxygen atoms in total. The third-order valence-electron chi connectivity index (χ3n) is 2.85. The van der Waals surface area contributed by atoms with E-state index in [0.29, 0.717) is 0 Å². The summed E-state index contributed by atoms with van der Waals surface area (Å²) in [5.74, 6) is 0.851. The van der Waals surface area contributed by atoms with E-state index >= 15 is 0 Å². The Hall–Kier alpha value is -1.67. The monoisotopic (exact) mass is 261 g/mol. The van der Waals surface area contributed by atoms with Crippen molar-refractivity contribution in [3.05, 3.63) is 58.6 Å². The molecular weight excluding hydrogens is 246 g/mol. The highest BCUT2D eigenvalue weighted by atomic mass is 35.5. The number of halogens is 1. The number of ether oxygens (including phenoxy) is 1. The second kappa shape index (κ2) is 5.32. The highest BCUT2D eigenvalue weighted by Crippen LogP contribution is 2.27. The van der Waals surface area contributed by atoms with Gasteiger partial charge in [-0.1, -0.05) is 23.7 Å². The number of rotatable bonds is 3. The summed E-state index contributed by atoms with van der Waals surface area (Å²) in [6, 6.07) is 13.3. The van der Waals surface area contributed by atoms with Crippen LogP contribution in [0.4, 0.5) is 5.69 Å². The van der Waals surface area contributed by atoms with Crippen molar-refractivity contribution in [2.75, 3.05) is 5.73 Å². The molecule has 0 aliphatic heterocycles. The summed E-state index contributed by atoms with van der Waals surface area (Å²) in [6.07, 6.45) is -0.0227. The number of hydrogen-bond acceptors (Lipinski definition) is 2. The molecule has 0 aliphatic carbocycles. The van der Waals surface area contributed by atoms with Gasteiger partial charge < -0.3 is 10.5 Å². The van der Waals surface area contributed by atoms with Crippen LogP contribution in [-0.4, -0.2) is 0 Å². The molecule has 2 N–H and O–H groups in total. The molecule has 3 heteroatoms. The quantitative estimate of drug-likeness (QED) is 0.833. The van der Waals surface area contributed by atoms with Gasteiger partial charge in [0, 0.05) is 10.7 Å². The van der Waals surface area contributed by atoms with Crippen LogP contribution in [0.5, 0.6) is 5.75 Å². The molecule has 1 atom stereocenters. The van der Waals surface area contributed by atoms with Crippen LogP contribution in [0.2, 0.25) is 5.02 Å². The Morgan fingerprint density at radius 1 is 1.11 bits per heavy atom. The summed E-state index contributed by atoms with van der Waals surface area (Å²) >= 11 is 5.92. The lowest BCUT2D eigenvalue weighted by Crippen LogP contribution is -2.04. The molecule has 2 rings (SSSR count). The lowest BCUT2D eigenvalue weighted by Gasteiger charge is -2.17. The number of anilines is 1. The molecule has 2 aromatic rings. The molecule has 0 heterocycles. The molecule has 0 fully saturated rings. The maximum atomic E-state index is 5.93. The maximum Gasteiger partial charge on any atom is 0.123 e. The van der Waals surface area contributed by atoms with E-state index < -0.39 is 0 Å². The van der Waals surface area contributed by atoms with Gasteiger partial charge in [-0.15, -0.1) is 0 Å². The second-order valence-electron chi connectivity index (χ2n) is 4.34. The summed E-state index contributed by atoms with van der Waals surface area (Å²) in [6.45, 7) is 4.00. The van der Waals surface area contributed by atoms with Gasteiger partial charge in [-0.3, -0.25) is 0 Å². The molecule has 0 aromatic heterocycles. The normalized spacial score (nSPS) is 12.2. The first kappa shape index (κ1) is 12.8. The van der Waals surface area contributed by atoms with Crippen LogP contribution in [-0.2, 0) is 0 Å². The predicted octanol–water partition coefficient (Wildman–Crippen LogP) is 4.37. The summed E-state index contributed by atoms with van der Waals surface area (Å²) in [5, 5.41) is 0.722. The number of nitrogen functional groups attached to an aromatic ring is 1. The van der Waals surface area contributed by atoms with Crippen molar-refractivity contribution >= 4 is 17.3 Å². The molecular formula is C15H16ClNO. The first-order valence-corrected chi connectivity index (χ1v) is 6.22. The molecule has 18 heavy (non-hydrogen) atoms. The van der Waals surface area contributed by atoms with Crippen molar-refractivity contribution in [3.63, 3.8) is 0 Å². The molecule has 0 spiro atoms. The summed E-state index contributed by atoms with van der Waals surface area (Å²) in [7, 11) is 0. The Bertz CT molecular complexity index is 537. The van der Waals surface area contributed by atoms with Gasteiger partial charge in [-0.2, -0.15) is 0 Å². The van der Waals surface area contributed by atoms with Gasteiger partial charge in [0.15, 0.2) is 0 Å². The Kier molecular flexibility index (Phi) is 3.78. The topological polar surface area (TPSA) is 35.2 Å². The minimum absolute atomic E-state index is 0.0227. The van der Waals surface area contributed by atoms with Crippen molar-refractivity contribution < 1.29 is 4.74 Å². The zero-order valence-electron chi connectivity index (χ0n) is 10.5. The average Bonchev–Trinajstić information content (AvgIpc) is 2.33. The number of nitrogens with two attached hydrogens (primary N) is 1. The van der Waals surface area contributed by atoms with Gasteiger partial charge in [-0.25, -0.2) is 0 Å². The Morgan fingerprint density at radius 2 is 1.78 bits per heavy atom. The standard InChI is InChI=1S/C15H16ClNO/c1-10-9-13(16)5-8-15(10)18-11(2)12-3-6-14(17)7-4-12/h3-9,11H,17H2,1-2H3. The molecule has 0 bridgehead atoms. The molecule has 0 amide bonds. The zero-order valence-corrected chi connectivity index (χ0v) is 11.2. The highest BCUT2D eigenvalue weighted by Gasteiger charge is 2.09. The largest absolute Gasteiger partial charge is 0.486 e. The third-order valence-corrected chi connectivity index (χ3v) is 3.08. The average molecular weight is 262 g/mol. The SMILES string of the molecule is Cc1cc(Cl)ccc1OC(C)c1ccc(N)cc1. The Morgan fingerprint density at radius 3 is 2.39 bits per heavy atom. The van der Waals surface area contributed by atoms with E-state index in [2.05, 4.69) is 0 Å². The van der Waals surface area contributed by atoms with Crippen molar-refractivity contribution in [3.8, 4) is 5.75 Å². The van der Waals surface area contributed by atoms with Crippen LogP contribution in [0.3, 0.4) is 0 Å². The summed E-state index contributed by atoms with van der Waals surface area (Å²) in [5.41, 5.74) is 8.55. The van der Waals surface area contributed by atoms with E-state index in [-0.39, 0.29) is 6.10 Å². The van der Waals surface area contributed by atoms with Gasteiger partial charge in [0.25, 0.3) is 0 Å². The fourth-order valence-corrected chi connectivity index (χ4v) is 2.00. The van der Waals surface area contributed by atoms with E-state index in [1.165, 1.54) is 0 Å². The molecule has 0 radical (unpaired) electrons. The van der Waals surface area contributed by atoms with Crippen LogP contribution >= 0.6 is 11.6 Å². The molecule has 0 aliphatic rings. The van der Waals surface area contributed by atoms with Crippen LogP contribution in [0, 0.1) is 6.92 Å². The predicted molar refractivity (Wildman–Crippen MR) is 76.1 cm³/mol. The van der Waals surface area contributed by atoms with Crippen LogP contribution in [0.1, 0.15) is 24.2 Å². The van der Waals surface area contributed by atoms with Gasteiger partial charge in [-0.05, 0) is 55.3 Å². The lowest BCUT2D eigenvalue weighted by molar-refractivity contribution is 0.225. The molecule has 0 saturated carbocycles. The second-order valence-corrected chi connectivity index (χ2v) is 4.77. The minimum Gasteiger partial charge on any atom is -0.486 e. The fraction of sp³-hybridized carbons (Fsp3) is 0.200. The summed E-state index contributed by atoms with van der Waals surface area (Å²) < 4.78 is 5.93. The van der Waals surface area contributed by atoms with Crippen molar-refractivity contribution in [2.24, 2.45) is 0 Å². The van der Waals surface area contributed by atoms with Gasteiger partial charge in [0.1, 0.15) is 11.9 Å². The van der Waals surface area contributed by atoms with Crippen LogP contribution < -0.4 is 10.5 Å². The van der Waals surface area contributed by atoms with E-state index in [4.69, 9.17) is 22.1 Å². The molecule has 0 saturated heterocycles. The fourth-order valence-electron chi connectivity index (χ4n) is 1.77. The zero-order chi connectivity index (χ0) is 13.1. The number of aryl methyl sites for hydroxylation is 1. The Labute approximate surface area is 112 Å². The van der Waals surface area contributed by atoms with E-state index in [1.807, 2.05) is 56.3 Å². The van der Waals surface area contributed by atoms with Crippen molar-refractivity contribution in [1.82, 2.24) is 0 Å². The van der Waals surface area contributed by atoms with E-state index in [0.717, 1.165) is 27.6 Å². The molecule has 1 unspecified atom stereocenters. The number of benzene rings is 2. The number of hydrogen-bond donors (Lipinski definition) is 1. The van der Waals surface area contributed by atoms with E-state index in [1.54, 1.807) is 0 Å². The van der Waals surface area contributed by atoms with Gasteiger partial charge in [0.05, 0.1) is 0 Å².